The molecule has 0 radical (unpaired) electrons. The molecule has 8 heteroatoms. The number of benzene rings is 2. The highest BCUT2D eigenvalue weighted by molar-refractivity contribution is 6.30. The molecule has 26 heavy (non-hydrogen) atoms. The van der Waals surface area contributed by atoms with Gasteiger partial charge in [-0.3, -0.25) is 20.2 Å². The second-order valence-corrected chi connectivity index (χ2v) is 6.75. The van der Waals surface area contributed by atoms with E-state index in [9.17, 15) is 20.2 Å². The number of nitrogens with zero attached hydrogens (tertiary/aromatic N) is 2. The first-order valence-electron chi connectivity index (χ1n) is 8.35. The van der Waals surface area contributed by atoms with Crippen LogP contribution in [0.3, 0.4) is 0 Å². The zero-order valence-corrected chi connectivity index (χ0v) is 14.6. The summed E-state index contributed by atoms with van der Waals surface area (Å²) >= 11 is 6.14. The van der Waals surface area contributed by atoms with E-state index in [1.807, 2.05) is 6.07 Å². The minimum Gasteiger partial charge on any atom is -0.457 e. The lowest BCUT2D eigenvalue weighted by atomic mass is 9.84. The molecule has 0 bridgehead atoms. The molecule has 0 atom stereocenters. The van der Waals surface area contributed by atoms with Crippen molar-refractivity contribution in [3.05, 3.63) is 67.2 Å². The van der Waals surface area contributed by atoms with Crippen molar-refractivity contribution in [1.82, 2.24) is 0 Å². The van der Waals surface area contributed by atoms with Crippen molar-refractivity contribution in [2.24, 2.45) is 0 Å². The van der Waals surface area contributed by atoms with Gasteiger partial charge in [-0.15, -0.1) is 0 Å². The molecule has 1 fully saturated rings. The van der Waals surface area contributed by atoms with E-state index < -0.39 is 9.85 Å². The molecule has 1 aliphatic rings. The van der Waals surface area contributed by atoms with Crippen LogP contribution in [0, 0.1) is 20.2 Å². The molecule has 0 heterocycles. The van der Waals surface area contributed by atoms with E-state index in [1.165, 1.54) is 18.6 Å². The van der Waals surface area contributed by atoms with Crippen molar-refractivity contribution in [2.45, 2.75) is 38.0 Å². The molecule has 1 aliphatic carbocycles. The zero-order chi connectivity index (χ0) is 18.7. The second-order valence-electron chi connectivity index (χ2n) is 6.32. The lowest BCUT2D eigenvalue weighted by Crippen LogP contribution is -2.06. The van der Waals surface area contributed by atoms with Crippen molar-refractivity contribution in [2.75, 3.05) is 0 Å². The third-order valence-corrected chi connectivity index (χ3v) is 4.78. The number of nitro benzene ring substituents is 2. The highest BCUT2D eigenvalue weighted by Crippen LogP contribution is 2.41. The summed E-state index contributed by atoms with van der Waals surface area (Å²) in [5.74, 6) is 0.882. The first-order valence-corrected chi connectivity index (χ1v) is 8.73. The Hall–Kier alpha value is -2.67. The van der Waals surface area contributed by atoms with Crippen LogP contribution >= 0.6 is 11.6 Å². The van der Waals surface area contributed by atoms with Crippen LogP contribution in [0.2, 0.25) is 5.02 Å². The predicted molar refractivity (Wildman–Crippen MR) is 97.1 cm³/mol. The van der Waals surface area contributed by atoms with E-state index in [0.717, 1.165) is 37.3 Å². The average molecular weight is 377 g/mol. The van der Waals surface area contributed by atoms with Gasteiger partial charge in [-0.2, -0.15) is 0 Å². The fraction of sp³-hybridized carbons (Fsp3) is 0.333. The molecule has 3 rings (SSSR count). The molecule has 0 N–H and O–H groups in total. The Kier molecular flexibility index (Phi) is 5.37. The zero-order valence-electron chi connectivity index (χ0n) is 13.9. The fourth-order valence-electron chi connectivity index (χ4n) is 3.31. The molecule has 0 aromatic heterocycles. The lowest BCUT2D eigenvalue weighted by Gasteiger charge is -2.24. The van der Waals surface area contributed by atoms with Crippen LogP contribution in [0.1, 0.15) is 43.6 Å². The standard InChI is InChI=1S/C18H17ClN2O5/c19-13-6-7-18(17(8-13)12-4-2-1-3-5-12)26-16-10-14(20(22)23)9-15(11-16)21(24)25/h6-12H,1-5H2. The molecule has 136 valence electrons. The molecule has 0 spiro atoms. The Morgan fingerprint density at radius 1 is 0.923 bits per heavy atom. The van der Waals surface area contributed by atoms with E-state index in [0.29, 0.717) is 16.7 Å². The predicted octanol–water partition coefficient (Wildman–Crippen LogP) is 6.00. The Morgan fingerprint density at radius 2 is 1.54 bits per heavy atom. The van der Waals surface area contributed by atoms with Crippen LogP contribution in [0.5, 0.6) is 11.5 Å². The van der Waals surface area contributed by atoms with Crippen LogP contribution in [0.15, 0.2) is 36.4 Å². The van der Waals surface area contributed by atoms with Crippen molar-refractivity contribution >= 4 is 23.0 Å². The van der Waals surface area contributed by atoms with E-state index in [2.05, 4.69) is 0 Å². The molecule has 2 aromatic rings. The van der Waals surface area contributed by atoms with Crippen LogP contribution in [0.25, 0.3) is 0 Å². The summed E-state index contributed by atoms with van der Waals surface area (Å²) < 4.78 is 5.83. The van der Waals surface area contributed by atoms with Crippen LogP contribution in [-0.4, -0.2) is 9.85 Å². The molecule has 0 aliphatic heterocycles. The van der Waals surface area contributed by atoms with Gasteiger partial charge in [-0.25, -0.2) is 0 Å². The summed E-state index contributed by atoms with van der Waals surface area (Å²) in [6.07, 6.45) is 5.49. The van der Waals surface area contributed by atoms with E-state index in [-0.39, 0.29) is 17.1 Å². The highest BCUT2D eigenvalue weighted by atomic mass is 35.5. The van der Waals surface area contributed by atoms with E-state index in [1.54, 1.807) is 12.1 Å². The molecular formula is C18H17ClN2O5. The van der Waals surface area contributed by atoms with Gasteiger partial charge < -0.3 is 4.74 Å². The van der Waals surface area contributed by atoms with E-state index in [4.69, 9.17) is 16.3 Å². The number of nitro groups is 2. The quantitative estimate of drug-likeness (QED) is 0.471. The Morgan fingerprint density at radius 3 is 2.12 bits per heavy atom. The van der Waals surface area contributed by atoms with Crippen molar-refractivity contribution in [3.63, 3.8) is 0 Å². The highest BCUT2D eigenvalue weighted by Gasteiger charge is 2.22. The first-order chi connectivity index (χ1) is 12.4. The number of rotatable bonds is 5. The maximum absolute atomic E-state index is 11.0. The third-order valence-electron chi connectivity index (χ3n) is 4.54. The van der Waals surface area contributed by atoms with Gasteiger partial charge in [-0.05, 0) is 42.5 Å². The Balaban J connectivity index is 1.98. The van der Waals surface area contributed by atoms with Gasteiger partial charge in [0.15, 0.2) is 0 Å². The first kappa shape index (κ1) is 18.1. The Bertz CT molecular complexity index is 817. The average Bonchev–Trinajstić information content (AvgIpc) is 2.63. The minimum absolute atomic E-state index is 0.0604. The van der Waals surface area contributed by atoms with Crippen LogP contribution in [-0.2, 0) is 0 Å². The molecule has 0 saturated heterocycles. The van der Waals surface area contributed by atoms with Gasteiger partial charge in [0.1, 0.15) is 11.5 Å². The number of ether oxygens (including phenoxy) is 1. The normalized spacial score (nSPS) is 14.8. The minimum atomic E-state index is -0.677. The molecule has 2 aromatic carbocycles. The van der Waals surface area contributed by atoms with E-state index >= 15 is 0 Å². The molecule has 0 amide bonds. The summed E-state index contributed by atoms with van der Waals surface area (Å²) in [6, 6.07) is 8.51. The number of hydrogen-bond acceptors (Lipinski definition) is 5. The van der Waals surface area contributed by atoms with Gasteiger partial charge in [-0.1, -0.05) is 30.9 Å². The van der Waals surface area contributed by atoms with Crippen molar-refractivity contribution in [3.8, 4) is 11.5 Å². The topological polar surface area (TPSA) is 95.5 Å². The monoisotopic (exact) mass is 376 g/mol. The Labute approximate surface area is 154 Å². The fourth-order valence-corrected chi connectivity index (χ4v) is 3.49. The van der Waals surface area contributed by atoms with Gasteiger partial charge >= 0.3 is 0 Å². The number of halogens is 1. The summed E-state index contributed by atoms with van der Waals surface area (Å²) in [7, 11) is 0. The largest absolute Gasteiger partial charge is 0.457 e. The maximum Gasteiger partial charge on any atom is 0.280 e. The summed E-state index contributed by atoms with van der Waals surface area (Å²) in [6.45, 7) is 0. The smallest absolute Gasteiger partial charge is 0.280 e. The van der Waals surface area contributed by atoms with Gasteiger partial charge in [0, 0.05) is 5.02 Å². The van der Waals surface area contributed by atoms with Gasteiger partial charge in [0.05, 0.1) is 28.0 Å². The molecule has 1 saturated carbocycles. The van der Waals surface area contributed by atoms with Crippen LogP contribution in [0.4, 0.5) is 11.4 Å². The van der Waals surface area contributed by atoms with Crippen molar-refractivity contribution in [1.29, 1.82) is 0 Å². The number of hydrogen-bond donors (Lipinski definition) is 0. The molecule has 7 nitrogen and oxygen atoms in total. The molecule has 0 unspecified atom stereocenters. The van der Waals surface area contributed by atoms with Crippen LogP contribution < -0.4 is 4.74 Å². The maximum atomic E-state index is 11.0. The SMILES string of the molecule is O=[N+]([O-])c1cc(Oc2ccc(Cl)cc2C2CCCCC2)cc([N+](=O)[O-])c1. The summed E-state index contributed by atoms with van der Waals surface area (Å²) in [4.78, 5) is 20.7. The van der Waals surface area contributed by atoms with Gasteiger partial charge in [0.2, 0.25) is 0 Å². The summed E-state index contributed by atoms with van der Waals surface area (Å²) in [5.41, 5.74) is 0.163. The third kappa shape index (κ3) is 4.11. The second kappa shape index (κ2) is 7.70. The molecular weight excluding hydrogens is 360 g/mol. The van der Waals surface area contributed by atoms with Gasteiger partial charge in [0.25, 0.3) is 11.4 Å². The lowest BCUT2D eigenvalue weighted by molar-refractivity contribution is -0.394. The number of non-ortho nitro benzene ring substituents is 2. The van der Waals surface area contributed by atoms with Crippen molar-refractivity contribution < 1.29 is 14.6 Å². The summed E-state index contributed by atoms with van der Waals surface area (Å²) in [5, 5.41) is 22.7.